The Balaban J connectivity index is 1.45. The van der Waals surface area contributed by atoms with E-state index < -0.39 is 19.7 Å². The summed E-state index contributed by atoms with van der Waals surface area (Å²) < 4.78 is 48.1. The second-order valence-electron chi connectivity index (χ2n) is 8.72. The van der Waals surface area contributed by atoms with Crippen molar-refractivity contribution in [2.24, 2.45) is 0 Å². The predicted molar refractivity (Wildman–Crippen MR) is 126 cm³/mol. The van der Waals surface area contributed by atoms with E-state index in [2.05, 4.69) is 32.2 Å². The standard InChI is InChI=1S/C23H28N4O4S2/c1-32(28,29)21-13-18(14-22(25-21)33(2,30)31)16-27-10-8-19(9-11-27)23-20(15-24-26-23)12-17-6-4-3-5-7-17/h3-7,13-15,19H,8-12,16H2,1-2H3,(H,24,26). The first-order valence-electron chi connectivity index (χ1n) is 10.8. The van der Waals surface area contributed by atoms with E-state index in [1.54, 1.807) is 0 Å². The Morgan fingerprint density at radius 2 is 1.55 bits per heavy atom. The number of hydrogen-bond donors (Lipinski definition) is 1. The zero-order valence-electron chi connectivity index (χ0n) is 18.7. The molecule has 0 saturated carbocycles. The van der Waals surface area contributed by atoms with E-state index in [0.717, 1.165) is 44.9 Å². The first kappa shape index (κ1) is 23.6. The van der Waals surface area contributed by atoms with Gasteiger partial charge >= 0.3 is 0 Å². The summed E-state index contributed by atoms with van der Waals surface area (Å²) in [5.74, 6) is 0.373. The number of aromatic nitrogens is 3. The molecule has 1 N–H and O–H groups in total. The summed E-state index contributed by atoms with van der Waals surface area (Å²) in [6.07, 6.45) is 6.69. The second-order valence-corrected chi connectivity index (χ2v) is 12.6. The van der Waals surface area contributed by atoms with Crippen molar-refractivity contribution in [3.8, 4) is 0 Å². The molecular formula is C23H28N4O4S2. The number of likely N-dealkylation sites (tertiary alicyclic amines) is 1. The summed E-state index contributed by atoms with van der Waals surface area (Å²) in [5, 5.41) is 7.06. The van der Waals surface area contributed by atoms with Crippen LogP contribution in [0.2, 0.25) is 0 Å². The number of hydrogen-bond acceptors (Lipinski definition) is 7. The van der Waals surface area contributed by atoms with Gasteiger partial charge in [0.1, 0.15) is 0 Å². The lowest BCUT2D eigenvalue weighted by molar-refractivity contribution is 0.202. The van der Waals surface area contributed by atoms with E-state index >= 15 is 0 Å². The molecule has 3 heterocycles. The molecule has 1 aromatic carbocycles. The summed E-state index contributed by atoms with van der Waals surface area (Å²) in [7, 11) is -7.25. The number of nitrogens with one attached hydrogen (secondary N) is 1. The number of aromatic amines is 1. The molecule has 0 spiro atoms. The van der Waals surface area contributed by atoms with Gasteiger partial charge in [-0.3, -0.25) is 10.00 Å². The monoisotopic (exact) mass is 488 g/mol. The van der Waals surface area contributed by atoms with Crippen molar-refractivity contribution in [3.63, 3.8) is 0 Å². The smallest absolute Gasteiger partial charge is 0.192 e. The molecule has 0 unspecified atom stereocenters. The highest BCUT2D eigenvalue weighted by molar-refractivity contribution is 7.91. The van der Waals surface area contributed by atoms with Crippen LogP contribution in [0.15, 0.2) is 58.7 Å². The topological polar surface area (TPSA) is 113 Å². The van der Waals surface area contributed by atoms with Crippen molar-refractivity contribution in [2.75, 3.05) is 25.6 Å². The third-order valence-corrected chi connectivity index (χ3v) is 7.93. The fourth-order valence-electron chi connectivity index (χ4n) is 4.27. The van der Waals surface area contributed by atoms with E-state index in [1.165, 1.54) is 29.0 Å². The Morgan fingerprint density at radius 1 is 0.939 bits per heavy atom. The van der Waals surface area contributed by atoms with E-state index in [9.17, 15) is 16.8 Å². The van der Waals surface area contributed by atoms with Crippen molar-refractivity contribution in [2.45, 2.75) is 41.8 Å². The molecule has 2 aromatic heterocycles. The highest BCUT2D eigenvalue weighted by atomic mass is 32.2. The Morgan fingerprint density at radius 3 is 2.12 bits per heavy atom. The fourth-order valence-corrected chi connectivity index (χ4v) is 5.59. The summed E-state index contributed by atoms with van der Waals surface area (Å²) in [4.78, 5) is 6.07. The van der Waals surface area contributed by atoms with E-state index in [4.69, 9.17) is 0 Å². The Kier molecular flexibility index (Phi) is 6.69. The Bertz CT molecular complexity index is 1280. The normalized spacial score (nSPS) is 16.2. The second kappa shape index (κ2) is 9.36. The molecule has 1 aliphatic rings. The average Bonchev–Trinajstić information content (AvgIpc) is 3.21. The van der Waals surface area contributed by atoms with Gasteiger partial charge in [0.25, 0.3) is 0 Å². The largest absolute Gasteiger partial charge is 0.299 e. The van der Waals surface area contributed by atoms with E-state index in [1.807, 2.05) is 24.4 Å². The first-order chi connectivity index (χ1) is 15.6. The summed E-state index contributed by atoms with van der Waals surface area (Å²) >= 11 is 0. The number of pyridine rings is 1. The molecule has 1 fully saturated rings. The lowest BCUT2D eigenvalue weighted by Crippen LogP contribution is -2.33. The molecule has 3 aromatic rings. The number of rotatable bonds is 7. The lowest BCUT2D eigenvalue weighted by atomic mass is 9.89. The quantitative estimate of drug-likeness (QED) is 0.544. The lowest BCUT2D eigenvalue weighted by Gasteiger charge is -2.32. The summed E-state index contributed by atoms with van der Waals surface area (Å²) in [5.41, 5.74) is 4.28. The third kappa shape index (κ3) is 5.87. The van der Waals surface area contributed by atoms with Gasteiger partial charge < -0.3 is 0 Å². The van der Waals surface area contributed by atoms with Gasteiger partial charge in [-0.05, 0) is 54.8 Å². The van der Waals surface area contributed by atoms with E-state index in [0.29, 0.717) is 18.0 Å². The first-order valence-corrected chi connectivity index (χ1v) is 14.6. The number of benzene rings is 1. The summed E-state index contributed by atoms with van der Waals surface area (Å²) in [6.45, 7) is 2.11. The molecule has 1 saturated heterocycles. The molecule has 0 atom stereocenters. The van der Waals surface area contributed by atoms with Gasteiger partial charge in [0.15, 0.2) is 29.7 Å². The zero-order chi connectivity index (χ0) is 23.6. The maximum absolute atomic E-state index is 12.0. The van der Waals surface area contributed by atoms with Gasteiger partial charge in [-0.1, -0.05) is 30.3 Å². The molecular weight excluding hydrogens is 460 g/mol. The van der Waals surface area contributed by atoms with Crippen molar-refractivity contribution in [3.05, 3.63) is 71.0 Å². The predicted octanol–water partition coefficient (Wildman–Crippen LogP) is 2.58. The van der Waals surface area contributed by atoms with Crippen molar-refractivity contribution in [1.29, 1.82) is 0 Å². The molecule has 10 heteroatoms. The molecule has 4 rings (SSSR count). The van der Waals surface area contributed by atoms with Crippen LogP contribution >= 0.6 is 0 Å². The van der Waals surface area contributed by atoms with Crippen LogP contribution in [0.4, 0.5) is 0 Å². The Labute approximate surface area is 194 Å². The van der Waals surface area contributed by atoms with Crippen LogP contribution in [0.5, 0.6) is 0 Å². The number of nitrogens with zero attached hydrogens (tertiary/aromatic N) is 3. The van der Waals surface area contributed by atoms with Gasteiger partial charge in [0.05, 0.1) is 6.20 Å². The van der Waals surface area contributed by atoms with Crippen molar-refractivity contribution >= 4 is 19.7 Å². The van der Waals surface area contributed by atoms with Gasteiger partial charge in [-0.2, -0.15) is 5.10 Å². The highest BCUT2D eigenvalue weighted by Crippen LogP contribution is 2.30. The number of H-pyrrole nitrogens is 1. The Hall–Kier alpha value is -2.56. The van der Waals surface area contributed by atoms with Crippen LogP contribution in [0.1, 0.15) is 41.1 Å². The fraction of sp³-hybridized carbons (Fsp3) is 0.391. The molecule has 33 heavy (non-hydrogen) atoms. The zero-order valence-corrected chi connectivity index (χ0v) is 20.4. The molecule has 0 bridgehead atoms. The minimum atomic E-state index is -3.62. The van der Waals surface area contributed by atoms with Crippen LogP contribution in [0.25, 0.3) is 0 Å². The molecule has 176 valence electrons. The van der Waals surface area contributed by atoms with Crippen molar-refractivity contribution in [1.82, 2.24) is 20.1 Å². The van der Waals surface area contributed by atoms with Crippen LogP contribution in [-0.2, 0) is 32.6 Å². The molecule has 0 aliphatic carbocycles. The molecule has 0 amide bonds. The van der Waals surface area contributed by atoms with E-state index in [-0.39, 0.29) is 10.1 Å². The molecule has 8 nitrogen and oxygen atoms in total. The molecule has 0 radical (unpaired) electrons. The van der Waals surface area contributed by atoms with Crippen LogP contribution < -0.4 is 0 Å². The number of sulfone groups is 2. The minimum Gasteiger partial charge on any atom is -0.299 e. The van der Waals surface area contributed by atoms with Crippen LogP contribution in [0.3, 0.4) is 0 Å². The van der Waals surface area contributed by atoms with Gasteiger partial charge in [-0.15, -0.1) is 0 Å². The van der Waals surface area contributed by atoms with Gasteiger partial charge in [0.2, 0.25) is 0 Å². The van der Waals surface area contributed by atoms with Crippen LogP contribution in [0, 0.1) is 0 Å². The maximum Gasteiger partial charge on any atom is 0.192 e. The number of piperidine rings is 1. The van der Waals surface area contributed by atoms with Crippen LogP contribution in [-0.4, -0.2) is 62.5 Å². The third-order valence-electron chi connectivity index (χ3n) is 5.99. The molecule has 1 aliphatic heterocycles. The van der Waals surface area contributed by atoms with Gasteiger partial charge in [-0.25, -0.2) is 21.8 Å². The highest BCUT2D eigenvalue weighted by Gasteiger charge is 2.25. The maximum atomic E-state index is 12.0. The van der Waals surface area contributed by atoms with Gasteiger partial charge in [0, 0.05) is 37.1 Å². The average molecular weight is 489 g/mol. The SMILES string of the molecule is CS(=O)(=O)c1cc(CN2CCC(c3[nH]ncc3Cc3ccccc3)CC2)cc(S(C)(=O)=O)n1. The van der Waals surface area contributed by atoms with Crippen molar-refractivity contribution < 1.29 is 16.8 Å². The summed E-state index contributed by atoms with van der Waals surface area (Å²) in [6, 6.07) is 13.3. The minimum absolute atomic E-state index is 0.210.